The molecule has 0 bridgehead atoms. The Morgan fingerprint density at radius 2 is 1.94 bits per heavy atom. The van der Waals surface area contributed by atoms with E-state index in [4.69, 9.17) is 4.74 Å². The average molecular weight is 251 g/mol. The lowest BCUT2D eigenvalue weighted by atomic mass is 9.68. The summed E-state index contributed by atoms with van der Waals surface area (Å²) in [6.07, 6.45) is 11.0. The Bertz CT molecular complexity index is 267. The normalized spacial score (nSPS) is 40.8. The third-order valence-electron chi connectivity index (χ3n) is 5.75. The van der Waals surface area contributed by atoms with Crippen molar-refractivity contribution in [3.05, 3.63) is 0 Å². The van der Waals surface area contributed by atoms with E-state index in [2.05, 4.69) is 12.2 Å². The zero-order valence-corrected chi connectivity index (χ0v) is 11.9. The highest BCUT2D eigenvalue weighted by Crippen LogP contribution is 2.45. The predicted octanol–water partition coefficient (Wildman–Crippen LogP) is 3.36. The van der Waals surface area contributed by atoms with Gasteiger partial charge in [0, 0.05) is 6.61 Å². The van der Waals surface area contributed by atoms with Crippen LogP contribution in [0.25, 0.3) is 0 Å². The van der Waals surface area contributed by atoms with E-state index in [0.29, 0.717) is 5.60 Å². The maximum Gasteiger partial charge on any atom is 0.0685 e. The van der Waals surface area contributed by atoms with Crippen molar-refractivity contribution in [3.8, 4) is 0 Å². The van der Waals surface area contributed by atoms with Gasteiger partial charge in [0.1, 0.15) is 0 Å². The maximum atomic E-state index is 6.25. The monoisotopic (exact) mass is 251 g/mol. The predicted molar refractivity (Wildman–Crippen MR) is 74.6 cm³/mol. The standard InChI is InChI=1S/C16H29NO/c1-13-12-17-9-5-15(13)14-6-10-18-16(11-14)7-3-2-4-8-16/h13-15,17H,2-12H2,1H3. The van der Waals surface area contributed by atoms with Crippen molar-refractivity contribution in [1.82, 2.24) is 5.32 Å². The van der Waals surface area contributed by atoms with E-state index in [-0.39, 0.29) is 0 Å². The van der Waals surface area contributed by atoms with Crippen LogP contribution in [0.15, 0.2) is 0 Å². The summed E-state index contributed by atoms with van der Waals surface area (Å²) in [5.41, 5.74) is 0.297. The molecule has 0 aromatic rings. The van der Waals surface area contributed by atoms with Crippen molar-refractivity contribution >= 4 is 0 Å². The van der Waals surface area contributed by atoms with Gasteiger partial charge in [-0.15, -0.1) is 0 Å². The van der Waals surface area contributed by atoms with Gasteiger partial charge >= 0.3 is 0 Å². The highest BCUT2D eigenvalue weighted by Gasteiger charge is 2.42. The Balaban J connectivity index is 1.65. The van der Waals surface area contributed by atoms with Gasteiger partial charge in [-0.2, -0.15) is 0 Å². The number of ether oxygens (including phenoxy) is 1. The van der Waals surface area contributed by atoms with Crippen LogP contribution in [-0.4, -0.2) is 25.3 Å². The van der Waals surface area contributed by atoms with E-state index < -0.39 is 0 Å². The SMILES string of the molecule is CC1CNCCC1C1CCOC2(CCCCC2)C1. The number of piperidine rings is 1. The Morgan fingerprint density at radius 3 is 2.72 bits per heavy atom. The molecule has 2 heterocycles. The van der Waals surface area contributed by atoms with Crippen LogP contribution in [0.1, 0.15) is 58.3 Å². The first-order chi connectivity index (χ1) is 8.79. The smallest absolute Gasteiger partial charge is 0.0685 e. The Kier molecular flexibility index (Phi) is 3.95. The second-order valence-electron chi connectivity index (χ2n) is 6.98. The molecule has 1 N–H and O–H groups in total. The third kappa shape index (κ3) is 2.60. The van der Waals surface area contributed by atoms with Gasteiger partial charge in [-0.1, -0.05) is 26.2 Å². The molecule has 0 aromatic heterocycles. The van der Waals surface area contributed by atoms with Crippen LogP contribution in [0.2, 0.25) is 0 Å². The zero-order chi connectivity index (χ0) is 12.4. The summed E-state index contributed by atoms with van der Waals surface area (Å²) in [5, 5.41) is 3.54. The van der Waals surface area contributed by atoms with Crippen molar-refractivity contribution in [2.45, 2.75) is 63.9 Å². The summed E-state index contributed by atoms with van der Waals surface area (Å²) in [5.74, 6) is 2.75. The van der Waals surface area contributed by atoms with Crippen molar-refractivity contribution in [2.75, 3.05) is 19.7 Å². The fourth-order valence-electron chi connectivity index (χ4n) is 4.71. The van der Waals surface area contributed by atoms with Crippen LogP contribution in [0, 0.1) is 17.8 Å². The lowest BCUT2D eigenvalue weighted by molar-refractivity contribution is -0.129. The largest absolute Gasteiger partial charge is 0.375 e. The van der Waals surface area contributed by atoms with Gasteiger partial charge in [0.2, 0.25) is 0 Å². The second kappa shape index (κ2) is 5.50. The van der Waals surface area contributed by atoms with Crippen LogP contribution in [0.5, 0.6) is 0 Å². The van der Waals surface area contributed by atoms with Crippen LogP contribution < -0.4 is 5.32 Å². The van der Waals surface area contributed by atoms with E-state index >= 15 is 0 Å². The lowest BCUT2D eigenvalue weighted by Crippen LogP contribution is -2.46. The molecule has 2 heteroatoms. The minimum absolute atomic E-state index is 0.297. The van der Waals surface area contributed by atoms with Gasteiger partial charge in [0.05, 0.1) is 5.60 Å². The topological polar surface area (TPSA) is 21.3 Å². The first-order valence-electron chi connectivity index (χ1n) is 8.14. The second-order valence-corrected chi connectivity index (χ2v) is 6.98. The summed E-state index contributed by atoms with van der Waals surface area (Å²) in [6, 6.07) is 0. The van der Waals surface area contributed by atoms with E-state index in [9.17, 15) is 0 Å². The Labute approximate surface area is 112 Å². The van der Waals surface area contributed by atoms with Crippen LogP contribution >= 0.6 is 0 Å². The summed E-state index contributed by atoms with van der Waals surface area (Å²) in [4.78, 5) is 0. The molecule has 104 valence electrons. The molecule has 0 aromatic carbocycles. The molecule has 1 saturated carbocycles. The van der Waals surface area contributed by atoms with E-state index in [1.165, 1.54) is 64.5 Å². The van der Waals surface area contributed by atoms with Gasteiger partial charge in [0.15, 0.2) is 0 Å². The van der Waals surface area contributed by atoms with E-state index in [0.717, 1.165) is 24.4 Å². The molecule has 3 aliphatic rings. The number of hydrogen-bond donors (Lipinski definition) is 1. The summed E-state index contributed by atoms with van der Waals surface area (Å²) in [6.45, 7) is 5.94. The van der Waals surface area contributed by atoms with Crippen molar-refractivity contribution in [3.63, 3.8) is 0 Å². The molecule has 2 nitrogen and oxygen atoms in total. The van der Waals surface area contributed by atoms with Crippen molar-refractivity contribution in [2.24, 2.45) is 17.8 Å². The molecule has 3 rings (SSSR count). The Morgan fingerprint density at radius 1 is 1.11 bits per heavy atom. The molecule has 3 atom stereocenters. The molecule has 0 radical (unpaired) electrons. The van der Waals surface area contributed by atoms with Crippen molar-refractivity contribution in [1.29, 1.82) is 0 Å². The van der Waals surface area contributed by atoms with Crippen LogP contribution in [0.3, 0.4) is 0 Å². The van der Waals surface area contributed by atoms with Crippen LogP contribution in [-0.2, 0) is 4.74 Å². The van der Waals surface area contributed by atoms with Gasteiger partial charge in [-0.3, -0.25) is 0 Å². The molecule has 1 aliphatic carbocycles. The fraction of sp³-hybridized carbons (Fsp3) is 1.00. The molecule has 3 fully saturated rings. The molecule has 1 spiro atoms. The van der Waals surface area contributed by atoms with Gasteiger partial charge in [-0.25, -0.2) is 0 Å². The van der Waals surface area contributed by atoms with Gasteiger partial charge in [-0.05, 0) is 62.9 Å². The first kappa shape index (κ1) is 12.9. The van der Waals surface area contributed by atoms with Gasteiger partial charge in [0.25, 0.3) is 0 Å². The number of hydrogen-bond acceptors (Lipinski definition) is 2. The maximum absolute atomic E-state index is 6.25. The average Bonchev–Trinajstić information content (AvgIpc) is 2.40. The van der Waals surface area contributed by atoms with Gasteiger partial charge < -0.3 is 10.1 Å². The highest BCUT2D eigenvalue weighted by atomic mass is 16.5. The van der Waals surface area contributed by atoms with E-state index in [1.807, 2.05) is 0 Å². The minimum Gasteiger partial charge on any atom is -0.375 e. The number of rotatable bonds is 1. The molecule has 3 unspecified atom stereocenters. The summed E-state index contributed by atoms with van der Waals surface area (Å²) >= 11 is 0. The molecule has 0 amide bonds. The number of nitrogens with one attached hydrogen (secondary N) is 1. The minimum atomic E-state index is 0.297. The molecule has 2 aliphatic heterocycles. The molecular formula is C16H29NO. The fourth-order valence-corrected chi connectivity index (χ4v) is 4.71. The molecule has 18 heavy (non-hydrogen) atoms. The molecular weight excluding hydrogens is 222 g/mol. The third-order valence-corrected chi connectivity index (χ3v) is 5.75. The van der Waals surface area contributed by atoms with E-state index in [1.54, 1.807) is 0 Å². The summed E-state index contributed by atoms with van der Waals surface area (Å²) in [7, 11) is 0. The highest BCUT2D eigenvalue weighted by molar-refractivity contribution is 4.93. The quantitative estimate of drug-likeness (QED) is 0.771. The zero-order valence-electron chi connectivity index (χ0n) is 11.9. The van der Waals surface area contributed by atoms with Crippen molar-refractivity contribution < 1.29 is 4.74 Å². The summed E-state index contributed by atoms with van der Waals surface area (Å²) < 4.78 is 6.25. The van der Waals surface area contributed by atoms with Crippen LogP contribution in [0.4, 0.5) is 0 Å². The lowest BCUT2D eigenvalue weighted by Gasteiger charge is -2.47. The molecule has 2 saturated heterocycles. The Hall–Kier alpha value is -0.0800. The first-order valence-corrected chi connectivity index (χ1v) is 8.14.